The summed E-state index contributed by atoms with van der Waals surface area (Å²) >= 11 is 1.62. The molecule has 0 amide bonds. The number of hydrogen-bond acceptors (Lipinski definition) is 9. The van der Waals surface area contributed by atoms with E-state index in [1.807, 2.05) is 20.8 Å². The lowest BCUT2D eigenvalue weighted by molar-refractivity contribution is 0.0740. The minimum absolute atomic E-state index is 0. The zero-order valence-corrected chi connectivity index (χ0v) is 22.9. The first-order chi connectivity index (χ1) is 15.6. The van der Waals surface area contributed by atoms with Gasteiger partial charge in [0.25, 0.3) is 0 Å². The van der Waals surface area contributed by atoms with Gasteiger partial charge in [-0.25, -0.2) is 0 Å². The van der Waals surface area contributed by atoms with E-state index in [1.54, 1.807) is 11.8 Å². The molecule has 36 heavy (non-hydrogen) atoms. The Morgan fingerprint density at radius 1 is 0.750 bits per heavy atom. The Bertz CT molecular complexity index is 600. The third-order valence-electron chi connectivity index (χ3n) is 4.88. The quantitative estimate of drug-likeness (QED) is 0.0994. The SMILES string of the molecule is C.C.C.C.CCCCCCCCN(CC)c1nc(NC[Si](OCC)(OCC)OCC)nc(SCC)n1. The fraction of sp³-hybridized carbons (Fsp3) is 0.885. The average Bonchev–Trinajstić information content (AvgIpc) is 2.78. The maximum absolute atomic E-state index is 5.95. The van der Waals surface area contributed by atoms with Crippen LogP contribution in [-0.2, 0) is 13.3 Å². The van der Waals surface area contributed by atoms with Crippen molar-refractivity contribution >= 4 is 32.5 Å². The molecule has 1 heterocycles. The Morgan fingerprint density at radius 3 is 1.81 bits per heavy atom. The zero-order valence-electron chi connectivity index (χ0n) is 21.1. The average molecular weight is 552 g/mol. The number of hydrogen-bond donors (Lipinski definition) is 1. The predicted octanol–water partition coefficient (Wildman–Crippen LogP) is 7.71. The van der Waals surface area contributed by atoms with Gasteiger partial charge >= 0.3 is 8.80 Å². The number of unbranched alkanes of at least 4 members (excludes halogenated alkanes) is 5. The van der Waals surface area contributed by atoms with Crippen LogP contribution in [0.4, 0.5) is 11.9 Å². The third kappa shape index (κ3) is 16.0. The van der Waals surface area contributed by atoms with Crippen LogP contribution in [0.15, 0.2) is 5.16 Å². The van der Waals surface area contributed by atoms with Gasteiger partial charge in [0.1, 0.15) is 0 Å². The number of nitrogens with one attached hydrogen (secondary N) is 1. The van der Waals surface area contributed by atoms with E-state index in [4.69, 9.17) is 23.2 Å². The summed E-state index contributed by atoms with van der Waals surface area (Å²) in [6, 6.07) is 0. The van der Waals surface area contributed by atoms with E-state index >= 15 is 0 Å². The highest BCUT2D eigenvalue weighted by Crippen LogP contribution is 2.20. The molecule has 0 aliphatic carbocycles. The second-order valence-corrected chi connectivity index (χ2v) is 11.2. The minimum atomic E-state index is -2.84. The second-order valence-electron chi connectivity index (χ2n) is 7.36. The van der Waals surface area contributed by atoms with Gasteiger partial charge in [0.2, 0.25) is 11.9 Å². The Morgan fingerprint density at radius 2 is 1.31 bits per heavy atom. The Balaban J connectivity index is -0.00000128. The first kappa shape index (κ1) is 42.2. The van der Waals surface area contributed by atoms with E-state index in [-0.39, 0.29) is 29.7 Å². The largest absolute Gasteiger partial charge is 0.521 e. The molecular weight excluding hydrogens is 490 g/mol. The summed E-state index contributed by atoms with van der Waals surface area (Å²) in [6.45, 7) is 15.8. The molecule has 8 nitrogen and oxygen atoms in total. The molecule has 0 spiro atoms. The number of thioether (sulfide) groups is 1. The lowest BCUT2D eigenvalue weighted by Gasteiger charge is -2.28. The van der Waals surface area contributed by atoms with Crippen LogP contribution in [0.5, 0.6) is 0 Å². The molecule has 0 aromatic carbocycles. The monoisotopic (exact) mass is 551 g/mol. The Labute approximate surface area is 230 Å². The van der Waals surface area contributed by atoms with Crippen molar-refractivity contribution in [3.63, 3.8) is 0 Å². The predicted molar refractivity (Wildman–Crippen MR) is 164 cm³/mol. The van der Waals surface area contributed by atoms with Gasteiger partial charge in [-0.1, -0.05) is 87.4 Å². The minimum Gasteiger partial charge on any atom is -0.373 e. The van der Waals surface area contributed by atoms with Gasteiger partial charge in [-0.15, -0.1) is 0 Å². The molecule has 1 aromatic heterocycles. The smallest absolute Gasteiger partial charge is 0.373 e. The first-order valence-corrected chi connectivity index (χ1v) is 15.3. The summed E-state index contributed by atoms with van der Waals surface area (Å²) in [6.07, 6.45) is 8.04. The topological polar surface area (TPSA) is 81.6 Å². The van der Waals surface area contributed by atoms with Crippen molar-refractivity contribution in [1.82, 2.24) is 15.0 Å². The highest BCUT2D eigenvalue weighted by atomic mass is 32.2. The third-order valence-corrected chi connectivity index (χ3v) is 8.40. The van der Waals surface area contributed by atoms with E-state index in [9.17, 15) is 0 Å². The van der Waals surface area contributed by atoms with E-state index in [2.05, 4.69) is 36.0 Å². The van der Waals surface area contributed by atoms with Gasteiger partial charge in [-0.3, -0.25) is 0 Å². The van der Waals surface area contributed by atoms with Crippen LogP contribution in [0.1, 0.15) is 110 Å². The van der Waals surface area contributed by atoms with Crippen LogP contribution in [0, 0.1) is 0 Å². The fourth-order valence-corrected chi connectivity index (χ4v) is 6.17. The Hall–Kier alpha value is -0.943. The van der Waals surface area contributed by atoms with Crippen LogP contribution in [0.25, 0.3) is 0 Å². The van der Waals surface area contributed by atoms with E-state index in [0.717, 1.165) is 36.4 Å². The molecule has 0 unspecified atom stereocenters. The van der Waals surface area contributed by atoms with Crippen molar-refractivity contribution in [2.75, 3.05) is 55.0 Å². The Kier molecular flexibility index (Phi) is 30.1. The van der Waals surface area contributed by atoms with Crippen LogP contribution in [0.3, 0.4) is 0 Å². The highest BCUT2D eigenvalue weighted by molar-refractivity contribution is 7.99. The molecule has 0 bridgehead atoms. The summed E-state index contributed by atoms with van der Waals surface area (Å²) in [4.78, 5) is 16.3. The summed E-state index contributed by atoms with van der Waals surface area (Å²) < 4.78 is 17.8. The van der Waals surface area contributed by atoms with Crippen molar-refractivity contribution in [2.45, 2.75) is 115 Å². The normalized spacial score (nSPS) is 10.4. The number of anilines is 2. The van der Waals surface area contributed by atoms with Gasteiger partial charge in [-0.05, 0) is 39.9 Å². The van der Waals surface area contributed by atoms with Gasteiger partial charge < -0.3 is 23.5 Å². The lowest BCUT2D eigenvalue weighted by Crippen LogP contribution is -2.52. The van der Waals surface area contributed by atoms with Crippen molar-refractivity contribution in [3.05, 3.63) is 0 Å². The molecule has 1 aromatic rings. The molecule has 0 aliphatic rings. The molecule has 0 atom stereocenters. The maximum atomic E-state index is 5.95. The molecule has 0 aliphatic heterocycles. The molecule has 0 fully saturated rings. The van der Waals surface area contributed by atoms with Crippen LogP contribution in [0.2, 0.25) is 0 Å². The maximum Gasteiger partial charge on any atom is 0.521 e. The standard InChI is InChI=1S/C22H45N5O3SSi.4CH4/c1-7-13-14-15-16-17-18-27(8-2)21-24-20(25-22(26-21)31-12-6)23-19-32(28-9-3,29-10-4)30-11-5;;;;/h7-19H2,1-6H3,(H,23,24,25,26);4*1H4. The van der Waals surface area contributed by atoms with Crippen molar-refractivity contribution in [2.24, 2.45) is 0 Å². The second kappa shape index (κ2) is 25.7. The molecule has 1 N–H and O–H groups in total. The molecular formula is C26H61N5O3SSi. The van der Waals surface area contributed by atoms with E-state index < -0.39 is 8.80 Å². The fourth-order valence-electron chi connectivity index (χ4n) is 3.37. The van der Waals surface area contributed by atoms with Crippen molar-refractivity contribution < 1.29 is 13.3 Å². The van der Waals surface area contributed by atoms with Gasteiger partial charge in [0, 0.05) is 32.9 Å². The van der Waals surface area contributed by atoms with Crippen LogP contribution >= 0.6 is 11.8 Å². The first-order valence-electron chi connectivity index (χ1n) is 12.4. The number of rotatable bonds is 20. The molecule has 10 heteroatoms. The zero-order chi connectivity index (χ0) is 23.7. The van der Waals surface area contributed by atoms with Gasteiger partial charge in [-0.2, -0.15) is 15.0 Å². The van der Waals surface area contributed by atoms with Crippen LogP contribution < -0.4 is 10.2 Å². The summed E-state index contributed by atoms with van der Waals surface area (Å²) in [5.74, 6) is 2.18. The van der Waals surface area contributed by atoms with E-state index in [0.29, 0.717) is 31.9 Å². The summed E-state index contributed by atoms with van der Waals surface area (Å²) in [5, 5.41) is 4.07. The van der Waals surface area contributed by atoms with Gasteiger partial charge in [0.05, 0.1) is 6.17 Å². The van der Waals surface area contributed by atoms with Crippen LogP contribution in [-0.4, -0.2) is 68.6 Å². The molecule has 0 saturated carbocycles. The summed E-state index contributed by atoms with van der Waals surface area (Å²) in [7, 11) is -2.84. The number of nitrogens with zero attached hydrogens (tertiary/aromatic N) is 4. The number of aromatic nitrogens is 3. The molecule has 0 radical (unpaired) electrons. The van der Waals surface area contributed by atoms with E-state index in [1.165, 1.54) is 32.1 Å². The van der Waals surface area contributed by atoms with Crippen molar-refractivity contribution in [1.29, 1.82) is 0 Å². The molecule has 0 saturated heterocycles. The van der Waals surface area contributed by atoms with Crippen molar-refractivity contribution in [3.8, 4) is 0 Å². The molecule has 1 rings (SSSR count). The summed E-state index contributed by atoms with van der Waals surface area (Å²) in [5.41, 5.74) is 0. The lowest BCUT2D eigenvalue weighted by atomic mass is 10.1. The van der Waals surface area contributed by atoms with Gasteiger partial charge in [0.15, 0.2) is 5.16 Å². The molecule has 218 valence electrons. The highest BCUT2D eigenvalue weighted by Gasteiger charge is 2.40.